The van der Waals surface area contributed by atoms with Crippen LogP contribution >= 0.6 is 0 Å². The molecule has 0 heterocycles. The number of rotatable bonds is 2. The van der Waals surface area contributed by atoms with Gasteiger partial charge in [-0.1, -0.05) is 6.42 Å². The van der Waals surface area contributed by atoms with Crippen molar-refractivity contribution in [3.8, 4) is 0 Å². The Labute approximate surface area is 102 Å². The van der Waals surface area contributed by atoms with Gasteiger partial charge in [0.1, 0.15) is 5.60 Å². The summed E-state index contributed by atoms with van der Waals surface area (Å²) in [6.45, 7) is 7.00. The number of nitrogens with one attached hydrogen (secondary N) is 1. The second-order valence-electron chi connectivity index (χ2n) is 5.81. The lowest BCUT2D eigenvalue weighted by Crippen LogP contribution is -2.48. The van der Waals surface area contributed by atoms with Gasteiger partial charge in [0.15, 0.2) is 0 Å². The topological polar surface area (TPSA) is 75.6 Å². The molecule has 0 aliphatic heterocycles. The van der Waals surface area contributed by atoms with E-state index in [9.17, 15) is 14.7 Å². The maximum Gasteiger partial charge on any atom is 0.407 e. The van der Waals surface area contributed by atoms with Crippen molar-refractivity contribution in [2.75, 3.05) is 0 Å². The van der Waals surface area contributed by atoms with Crippen molar-refractivity contribution in [1.29, 1.82) is 0 Å². The maximum atomic E-state index is 11.6. The Kier molecular flexibility index (Phi) is 3.69. The first-order chi connectivity index (χ1) is 7.65. The quantitative estimate of drug-likeness (QED) is 0.779. The van der Waals surface area contributed by atoms with Crippen molar-refractivity contribution < 1.29 is 19.4 Å². The zero-order chi connectivity index (χ0) is 13.3. The third-order valence-corrected chi connectivity index (χ3v) is 3.14. The molecule has 2 N–H and O–H groups in total. The molecule has 1 aliphatic rings. The predicted molar refractivity (Wildman–Crippen MR) is 62.8 cm³/mol. The summed E-state index contributed by atoms with van der Waals surface area (Å²) in [6, 6.07) is -0.352. The van der Waals surface area contributed by atoms with Gasteiger partial charge in [0.2, 0.25) is 0 Å². The molecule has 1 amide bonds. The number of carboxylic acids is 1. The average Bonchev–Trinajstić information content (AvgIpc) is 2.45. The average molecular weight is 243 g/mol. The van der Waals surface area contributed by atoms with Crippen molar-refractivity contribution in [2.24, 2.45) is 5.41 Å². The van der Waals surface area contributed by atoms with Gasteiger partial charge < -0.3 is 15.2 Å². The highest BCUT2D eigenvalue weighted by atomic mass is 16.6. The van der Waals surface area contributed by atoms with Crippen LogP contribution in [0.2, 0.25) is 0 Å². The number of carbonyl (C=O) groups is 2. The molecule has 0 aromatic carbocycles. The molecule has 0 spiro atoms. The number of alkyl carbamates (subject to hydrolysis) is 1. The van der Waals surface area contributed by atoms with Gasteiger partial charge >= 0.3 is 12.1 Å². The third kappa shape index (κ3) is 3.35. The summed E-state index contributed by atoms with van der Waals surface area (Å²) in [4.78, 5) is 22.8. The number of carboxylic acid groups (broad SMARTS) is 1. The molecule has 1 saturated carbocycles. The molecule has 1 rings (SSSR count). The fraction of sp³-hybridized carbons (Fsp3) is 0.833. The van der Waals surface area contributed by atoms with Crippen molar-refractivity contribution >= 4 is 12.1 Å². The summed E-state index contributed by atoms with van der Waals surface area (Å²) in [5, 5.41) is 11.9. The molecule has 0 saturated heterocycles. The monoisotopic (exact) mass is 243 g/mol. The van der Waals surface area contributed by atoms with Crippen molar-refractivity contribution in [2.45, 2.75) is 58.6 Å². The van der Waals surface area contributed by atoms with Gasteiger partial charge in [0.05, 0.1) is 5.41 Å². The number of hydrogen-bond acceptors (Lipinski definition) is 3. The van der Waals surface area contributed by atoms with Gasteiger partial charge in [0.25, 0.3) is 0 Å². The Hall–Kier alpha value is -1.26. The molecule has 1 aliphatic carbocycles. The maximum absolute atomic E-state index is 11.6. The van der Waals surface area contributed by atoms with Gasteiger partial charge in [-0.25, -0.2) is 4.79 Å². The molecule has 0 aromatic rings. The fourth-order valence-corrected chi connectivity index (χ4v) is 2.10. The second kappa shape index (κ2) is 4.55. The Balaban J connectivity index is 2.63. The van der Waals surface area contributed by atoms with Crippen LogP contribution in [0.4, 0.5) is 4.79 Å². The molecule has 98 valence electrons. The second-order valence-corrected chi connectivity index (χ2v) is 5.81. The molecule has 2 atom stereocenters. The minimum atomic E-state index is -0.878. The van der Waals surface area contributed by atoms with Gasteiger partial charge in [-0.2, -0.15) is 0 Å². The van der Waals surface area contributed by atoms with Crippen LogP contribution < -0.4 is 5.32 Å². The minimum Gasteiger partial charge on any atom is -0.481 e. The molecule has 0 aromatic heterocycles. The lowest BCUT2D eigenvalue weighted by molar-refractivity contribution is -0.148. The standard InChI is InChI=1S/C12H21NO4/c1-11(2,3)17-10(16)13-8-6-5-7-12(8,4)9(14)15/h8H,5-7H2,1-4H3,(H,13,16)(H,14,15)/t8-,12-/m1/s1. The van der Waals surface area contributed by atoms with E-state index in [0.717, 1.165) is 6.42 Å². The van der Waals surface area contributed by atoms with Gasteiger partial charge in [-0.05, 0) is 40.5 Å². The van der Waals surface area contributed by atoms with Crippen LogP contribution in [-0.4, -0.2) is 28.8 Å². The van der Waals surface area contributed by atoms with E-state index in [0.29, 0.717) is 12.8 Å². The largest absolute Gasteiger partial charge is 0.481 e. The highest BCUT2D eigenvalue weighted by Crippen LogP contribution is 2.38. The van der Waals surface area contributed by atoms with E-state index < -0.39 is 23.1 Å². The van der Waals surface area contributed by atoms with Crippen molar-refractivity contribution in [3.63, 3.8) is 0 Å². The zero-order valence-corrected chi connectivity index (χ0v) is 10.9. The molecular formula is C12H21NO4. The van der Waals surface area contributed by atoms with Crippen LogP contribution in [0.15, 0.2) is 0 Å². The van der Waals surface area contributed by atoms with E-state index in [4.69, 9.17) is 4.74 Å². The first-order valence-corrected chi connectivity index (χ1v) is 5.88. The van der Waals surface area contributed by atoms with E-state index >= 15 is 0 Å². The van der Waals surface area contributed by atoms with Gasteiger partial charge in [-0.3, -0.25) is 4.79 Å². The van der Waals surface area contributed by atoms with Gasteiger partial charge in [0, 0.05) is 6.04 Å². The SMILES string of the molecule is CC(C)(C)OC(=O)N[C@@H]1CCC[C@@]1(C)C(=O)O. The summed E-state index contributed by atoms with van der Waals surface area (Å²) in [6.07, 6.45) is 1.53. The van der Waals surface area contributed by atoms with Gasteiger partial charge in [-0.15, -0.1) is 0 Å². The van der Waals surface area contributed by atoms with Crippen molar-refractivity contribution in [1.82, 2.24) is 5.32 Å². The molecule has 5 nitrogen and oxygen atoms in total. The van der Waals surface area contributed by atoms with Crippen LogP contribution in [0.5, 0.6) is 0 Å². The van der Waals surface area contributed by atoms with Crippen LogP contribution in [0, 0.1) is 5.41 Å². The summed E-state index contributed by atoms with van der Waals surface area (Å²) in [5.41, 5.74) is -1.45. The molecule has 0 unspecified atom stereocenters. The fourth-order valence-electron chi connectivity index (χ4n) is 2.10. The smallest absolute Gasteiger partial charge is 0.407 e. The van der Waals surface area contributed by atoms with E-state index in [2.05, 4.69) is 5.32 Å². The number of aliphatic carboxylic acids is 1. The van der Waals surface area contributed by atoms with Crippen LogP contribution in [0.25, 0.3) is 0 Å². The molecule has 17 heavy (non-hydrogen) atoms. The lowest BCUT2D eigenvalue weighted by Gasteiger charge is -2.29. The zero-order valence-electron chi connectivity index (χ0n) is 10.9. The summed E-state index contributed by atoms with van der Waals surface area (Å²) >= 11 is 0. The van der Waals surface area contributed by atoms with E-state index in [1.807, 2.05) is 0 Å². The molecule has 0 radical (unpaired) electrons. The number of hydrogen-bond donors (Lipinski definition) is 2. The molecule has 0 bridgehead atoms. The third-order valence-electron chi connectivity index (χ3n) is 3.14. The normalized spacial score (nSPS) is 28.8. The highest BCUT2D eigenvalue weighted by molar-refractivity contribution is 5.77. The number of ether oxygens (including phenoxy) is 1. The Morgan fingerprint density at radius 3 is 2.47 bits per heavy atom. The first-order valence-electron chi connectivity index (χ1n) is 5.88. The van der Waals surface area contributed by atoms with Crippen molar-refractivity contribution in [3.05, 3.63) is 0 Å². The predicted octanol–water partition coefficient (Wildman–Crippen LogP) is 2.15. The lowest BCUT2D eigenvalue weighted by atomic mass is 9.85. The van der Waals surface area contributed by atoms with Crippen LogP contribution in [-0.2, 0) is 9.53 Å². The Morgan fingerprint density at radius 1 is 1.41 bits per heavy atom. The number of carbonyl (C=O) groups excluding carboxylic acids is 1. The van der Waals surface area contributed by atoms with E-state index in [1.54, 1.807) is 27.7 Å². The first kappa shape index (κ1) is 13.8. The van der Waals surface area contributed by atoms with E-state index in [-0.39, 0.29) is 6.04 Å². The molecular weight excluding hydrogens is 222 g/mol. The number of amides is 1. The van der Waals surface area contributed by atoms with Crippen LogP contribution in [0.3, 0.4) is 0 Å². The summed E-state index contributed by atoms with van der Waals surface area (Å²) in [5.74, 6) is -0.865. The molecule has 5 heteroatoms. The Bertz CT molecular complexity index is 321. The Morgan fingerprint density at radius 2 is 2.00 bits per heavy atom. The highest BCUT2D eigenvalue weighted by Gasteiger charge is 2.46. The van der Waals surface area contributed by atoms with Crippen LogP contribution in [0.1, 0.15) is 47.0 Å². The summed E-state index contributed by atoms with van der Waals surface area (Å²) < 4.78 is 5.13. The molecule has 1 fully saturated rings. The minimum absolute atomic E-state index is 0.352. The van der Waals surface area contributed by atoms with E-state index in [1.165, 1.54) is 0 Å². The summed E-state index contributed by atoms with van der Waals surface area (Å²) in [7, 11) is 0.